The van der Waals surface area contributed by atoms with Crippen molar-refractivity contribution in [1.82, 2.24) is 15.1 Å². The van der Waals surface area contributed by atoms with Crippen LogP contribution in [0.25, 0.3) is 0 Å². The Hall–Kier alpha value is -1.56. The third-order valence-electron chi connectivity index (χ3n) is 4.51. The zero-order valence-corrected chi connectivity index (χ0v) is 12.9. The highest BCUT2D eigenvalue weighted by Gasteiger charge is 2.26. The molecule has 2 rings (SSSR count). The van der Waals surface area contributed by atoms with E-state index in [0.29, 0.717) is 42.0 Å². The van der Waals surface area contributed by atoms with E-state index in [0.717, 1.165) is 12.8 Å². The van der Waals surface area contributed by atoms with Crippen LogP contribution in [0.4, 0.5) is 5.69 Å². The number of aryl methyl sites for hydroxylation is 2. The van der Waals surface area contributed by atoms with Crippen molar-refractivity contribution in [3.05, 3.63) is 11.4 Å². The zero-order valence-electron chi connectivity index (χ0n) is 12.9. The molecular weight excluding hydrogens is 268 g/mol. The molecule has 118 valence electrons. The summed E-state index contributed by atoms with van der Waals surface area (Å²) in [6.45, 7) is 5.16. The van der Waals surface area contributed by atoms with E-state index in [4.69, 9.17) is 5.73 Å². The zero-order chi connectivity index (χ0) is 15.4. The van der Waals surface area contributed by atoms with Crippen LogP contribution in [-0.2, 0) is 6.54 Å². The summed E-state index contributed by atoms with van der Waals surface area (Å²) in [4.78, 5) is 12.4. The van der Waals surface area contributed by atoms with Gasteiger partial charge in [-0.05, 0) is 38.5 Å². The molecule has 2 unspecified atom stereocenters. The number of carbonyl (C=O) groups excluding carboxylic acids is 1. The average Bonchev–Trinajstić information content (AvgIpc) is 2.80. The first-order valence-corrected chi connectivity index (χ1v) is 7.80. The lowest BCUT2D eigenvalue weighted by Crippen LogP contribution is -2.36. The molecule has 0 aliphatic heterocycles. The largest absolute Gasteiger partial charge is 0.396 e. The Labute approximate surface area is 125 Å². The van der Waals surface area contributed by atoms with Crippen molar-refractivity contribution < 1.29 is 9.90 Å². The lowest BCUT2D eigenvalue weighted by molar-refractivity contribution is 0.0900. The van der Waals surface area contributed by atoms with Gasteiger partial charge in [0.25, 0.3) is 5.91 Å². The monoisotopic (exact) mass is 294 g/mol. The number of anilines is 1. The van der Waals surface area contributed by atoms with Crippen molar-refractivity contribution in [2.45, 2.75) is 46.1 Å². The first-order valence-electron chi connectivity index (χ1n) is 7.80. The van der Waals surface area contributed by atoms with Crippen LogP contribution in [0.3, 0.4) is 0 Å². The Morgan fingerprint density at radius 2 is 2.10 bits per heavy atom. The van der Waals surface area contributed by atoms with E-state index >= 15 is 0 Å². The van der Waals surface area contributed by atoms with Crippen LogP contribution >= 0.6 is 0 Å². The van der Waals surface area contributed by atoms with Gasteiger partial charge in [-0.2, -0.15) is 5.10 Å². The molecule has 21 heavy (non-hydrogen) atoms. The summed E-state index contributed by atoms with van der Waals surface area (Å²) in [5.41, 5.74) is 7.55. The van der Waals surface area contributed by atoms with Crippen LogP contribution in [0.2, 0.25) is 0 Å². The molecule has 1 aromatic rings. The highest BCUT2D eigenvalue weighted by Crippen LogP contribution is 2.29. The molecule has 4 N–H and O–H groups in total. The molecule has 1 aliphatic rings. The van der Waals surface area contributed by atoms with Crippen molar-refractivity contribution in [1.29, 1.82) is 0 Å². The summed E-state index contributed by atoms with van der Waals surface area (Å²) in [5, 5.41) is 16.7. The molecular formula is C15H26N4O2. The summed E-state index contributed by atoms with van der Waals surface area (Å²) < 4.78 is 1.64. The molecule has 1 aliphatic carbocycles. The van der Waals surface area contributed by atoms with Crippen LogP contribution < -0.4 is 11.1 Å². The average molecular weight is 294 g/mol. The standard InChI is InChI=1S/C15H26N4O2/c1-3-19-14(13(16)10(2)18-19)15(21)17-8-11-6-4-5-7-12(11)9-20/h11-12,20H,3-9,16H2,1-2H3,(H,17,21). The van der Waals surface area contributed by atoms with Gasteiger partial charge in [0.2, 0.25) is 0 Å². The smallest absolute Gasteiger partial charge is 0.271 e. The van der Waals surface area contributed by atoms with E-state index in [9.17, 15) is 9.90 Å². The van der Waals surface area contributed by atoms with Crippen LogP contribution in [-0.4, -0.2) is 33.9 Å². The second kappa shape index (κ2) is 6.93. The Morgan fingerprint density at radius 3 is 2.71 bits per heavy atom. The van der Waals surface area contributed by atoms with Gasteiger partial charge in [0.05, 0.1) is 11.4 Å². The van der Waals surface area contributed by atoms with Gasteiger partial charge in [-0.15, -0.1) is 0 Å². The Bertz CT molecular complexity index is 498. The van der Waals surface area contributed by atoms with Gasteiger partial charge in [0, 0.05) is 19.7 Å². The molecule has 0 bridgehead atoms. The van der Waals surface area contributed by atoms with Gasteiger partial charge in [-0.3, -0.25) is 9.48 Å². The molecule has 6 heteroatoms. The fourth-order valence-corrected chi connectivity index (χ4v) is 3.16. The number of nitrogens with one attached hydrogen (secondary N) is 1. The number of amides is 1. The molecule has 2 atom stereocenters. The van der Waals surface area contributed by atoms with Crippen LogP contribution in [0.1, 0.15) is 48.8 Å². The lowest BCUT2D eigenvalue weighted by atomic mass is 9.79. The number of carbonyl (C=O) groups is 1. The Balaban J connectivity index is 2.01. The Morgan fingerprint density at radius 1 is 1.43 bits per heavy atom. The predicted octanol–water partition coefficient (Wildman–Crippen LogP) is 1.32. The van der Waals surface area contributed by atoms with E-state index in [-0.39, 0.29) is 12.5 Å². The summed E-state index contributed by atoms with van der Waals surface area (Å²) in [6.07, 6.45) is 4.45. The maximum absolute atomic E-state index is 12.4. The van der Waals surface area contributed by atoms with Crippen molar-refractivity contribution in [2.24, 2.45) is 11.8 Å². The first kappa shape index (κ1) is 15.8. The third kappa shape index (κ3) is 3.37. The molecule has 1 amide bonds. The number of hydrogen-bond acceptors (Lipinski definition) is 4. The molecule has 1 saturated carbocycles. The van der Waals surface area contributed by atoms with E-state index in [2.05, 4.69) is 10.4 Å². The number of aliphatic hydroxyl groups excluding tert-OH is 1. The topological polar surface area (TPSA) is 93.2 Å². The normalized spacial score (nSPS) is 22.2. The Kier molecular flexibility index (Phi) is 5.22. The van der Waals surface area contributed by atoms with Gasteiger partial charge >= 0.3 is 0 Å². The maximum atomic E-state index is 12.4. The summed E-state index contributed by atoms with van der Waals surface area (Å²) in [6, 6.07) is 0. The molecule has 6 nitrogen and oxygen atoms in total. The van der Waals surface area contributed by atoms with E-state index in [1.807, 2.05) is 6.92 Å². The second-order valence-corrected chi connectivity index (χ2v) is 5.86. The van der Waals surface area contributed by atoms with Gasteiger partial charge in [0.15, 0.2) is 0 Å². The van der Waals surface area contributed by atoms with Gasteiger partial charge in [-0.1, -0.05) is 12.8 Å². The van der Waals surface area contributed by atoms with Crippen molar-refractivity contribution in [3.8, 4) is 0 Å². The quantitative estimate of drug-likeness (QED) is 0.763. The van der Waals surface area contributed by atoms with E-state index in [1.54, 1.807) is 11.6 Å². The van der Waals surface area contributed by atoms with Crippen LogP contribution in [0.5, 0.6) is 0 Å². The highest BCUT2D eigenvalue weighted by atomic mass is 16.3. The van der Waals surface area contributed by atoms with Crippen molar-refractivity contribution >= 4 is 11.6 Å². The van der Waals surface area contributed by atoms with Crippen LogP contribution in [0.15, 0.2) is 0 Å². The maximum Gasteiger partial charge on any atom is 0.271 e. The van der Waals surface area contributed by atoms with E-state index < -0.39 is 0 Å². The molecule has 0 aromatic carbocycles. The highest BCUT2D eigenvalue weighted by molar-refractivity contribution is 5.97. The third-order valence-corrected chi connectivity index (χ3v) is 4.51. The molecule has 0 radical (unpaired) electrons. The summed E-state index contributed by atoms with van der Waals surface area (Å²) in [5.74, 6) is 0.486. The number of rotatable bonds is 5. The molecule has 1 heterocycles. The van der Waals surface area contributed by atoms with Crippen LogP contribution in [0, 0.1) is 18.8 Å². The summed E-state index contributed by atoms with van der Waals surface area (Å²) in [7, 11) is 0. The predicted molar refractivity (Wildman–Crippen MR) is 81.9 cm³/mol. The SMILES string of the molecule is CCn1nc(C)c(N)c1C(=O)NCC1CCCCC1CO. The fraction of sp³-hybridized carbons (Fsp3) is 0.733. The number of nitrogen functional groups attached to an aromatic ring is 1. The number of aliphatic hydroxyl groups is 1. The number of hydrogen-bond donors (Lipinski definition) is 3. The molecule has 1 fully saturated rings. The minimum Gasteiger partial charge on any atom is -0.396 e. The lowest BCUT2D eigenvalue weighted by Gasteiger charge is -2.30. The molecule has 0 saturated heterocycles. The molecule has 0 spiro atoms. The van der Waals surface area contributed by atoms with Gasteiger partial charge in [-0.25, -0.2) is 0 Å². The summed E-state index contributed by atoms with van der Waals surface area (Å²) >= 11 is 0. The van der Waals surface area contributed by atoms with Crippen molar-refractivity contribution in [3.63, 3.8) is 0 Å². The second-order valence-electron chi connectivity index (χ2n) is 5.86. The van der Waals surface area contributed by atoms with Gasteiger partial charge in [0.1, 0.15) is 5.69 Å². The number of nitrogens with two attached hydrogens (primary N) is 1. The fourth-order valence-electron chi connectivity index (χ4n) is 3.16. The minimum absolute atomic E-state index is 0.169. The number of nitrogens with zero attached hydrogens (tertiary/aromatic N) is 2. The number of aromatic nitrogens is 2. The molecule has 1 aromatic heterocycles. The van der Waals surface area contributed by atoms with E-state index in [1.165, 1.54) is 12.8 Å². The van der Waals surface area contributed by atoms with Gasteiger partial charge < -0.3 is 16.2 Å². The minimum atomic E-state index is -0.169. The first-order chi connectivity index (χ1) is 10.1. The van der Waals surface area contributed by atoms with Crippen molar-refractivity contribution in [2.75, 3.05) is 18.9 Å².